The number of carbonyl (C=O) groups is 2. The van der Waals surface area contributed by atoms with E-state index in [1.165, 1.54) is 30.5 Å². The number of nitro groups is 1. The Morgan fingerprint density at radius 3 is 2.48 bits per heavy atom. The molecule has 0 saturated heterocycles. The average Bonchev–Trinajstić information content (AvgIpc) is 2.80. The molecule has 0 aliphatic heterocycles. The first-order chi connectivity index (χ1) is 15.8. The molecule has 0 aliphatic rings. The van der Waals surface area contributed by atoms with Crippen LogP contribution < -0.4 is 15.5 Å². The molecule has 0 heterocycles. The lowest BCUT2D eigenvalue weighted by molar-refractivity contribution is -0.384. The van der Waals surface area contributed by atoms with Crippen molar-refractivity contribution in [3.05, 3.63) is 99.1 Å². The zero-order valence-electron chi connectivity index (χ0n) is 18.1. The van der Waals surface area contributed by atoms with Crippen LogP contribution in [0, 0.1) is 24.0 Å². The Kier molecular flexibility index (Phi) is 7.48. The summed E-state index contributed by atoms with van der Waals surface area (Å²) in [5.74, 6) is -0.319. The monoisotopic (exact) mass is 446 g/mol. The van der Waals surface area contributed by atoms with Gasteiger partial charge in [0.05, 0.1) is 11.1 Å². The number of hydrogen-bond acceptors (Lipinski definition) is 6. The quantitative estimate of drug-likeness (QED) is 0.308. The number of aryl methyl sites for hydroxylation is 2. The number of nitrogens with zero attached hydrogens (tertiary/aromatic N) is 2. The zero-order valence-corrected chi connectivity index (χ0v) is 18.1. The number of nitrogens with one attached hydrogen (secondary N) is 2. The van der Waals surface area contributed by atoms with Crippen molar-refractivity contribution in [2.24, 2.45) is 5.10 Å². The van der Waals surface area contributed by atoms with Crippen molar-refractivity contribution in [2.45, 2.75) is 13.8 Å². The minimum absolute atomic E-state index is 0.102. The highest BCUT2D eigenvalue weighted by Crippen LogP contribution is 2.15. The van der Waals surface area contributed by atoms with Crippen LogP contribution in [0.4, 0.5) is 11.4 Å². The van der Waals surface area contributed by atoms with Crippen LogP contribution in [-0.4, -0.2) is 29.6 Å². The topological polar surface area (TPSA) is 123 Å². The van der Waals surface area contributed by atoms with Crippen LogP contribution in [0.25, 0.3) is 0 Å². The lowest BCUT2D eigenvalue weighted by Gasteiger charge is -2.09. The maximum atomic E-state index is 12.2. The van der Waals surface area contributed by atoms with Gasteiger partial charge in [0.2, 0.25) is 0 Å². The molecule has 0 unspecified atom stereocenters. The standard InChI is InChI=1S/C24H22N4O5/c1-16-6-9-20(12-17(16)2)26-23(29)15-33-22-5-3-4-18(13-22)14-25-27-24(30)19-7-10-21(11-8-19)28(31)32/h3-14H,15H2,1-2H3,(H,26,29)(H,27,30)/b25-14+. The molecule has 2 amide bonds. The average molecular weight is 446 g/mol. The largest absolute Gasteiger partial charge is 0.484 e. The number of hydrogen-bond donors (Lipinski definition) is 2. The van der Waals surface area contributed by atoms with Crippen molar-refractivity contribution < 1.29 is 19.2 Å². The predicted octanol–water partition coefficient (Wildman–Crippen LogP) is 3.99. The second-order valence-corrected chi connectivity index (χ2v) is 7.21. The lowest BCUT2D eigenvalue weighted by atomic mass is 10.1. The fourth-order valence-electron chi connectivity index (χ4n) is 2.81. The molecule has 0 spiro atoms. The molecule has 0 aliphatic carbocycles. The second kappa shape index (κ2) is 10.7. The summed E-state index contributed by atoms with van der Waals surface area (Å²) >= 11 is 0. The summed E-state index contributed by atoms with van der Waals surface area (Å²) in [6, 6.07) is 17.7. The fraction of sp³-hybridized carbons (Fsp3) is 0.125. The molecule has 33 heavy (non-hydrogen) atoms. The number of anilines is 1. The van der Waals surface area contributed by atoms with Gasteiger partial charge < -0.3 is 10.1 Å². The number of rotatable bonds is 8. The fourth-order valence-corrected chi connectivity index (χ4v) is 2.81. The first-order valence-electron chi connectivity index (χ1n) is 9.99. The molecule has 0 radical (unpaired) electrons. The van der Waals surface area contributed by atoms with Gasteiger partial charge in [-0.15, -0.1) is 0 Å². The third-order valence-electron chi connectivity index (χ3n) is 4.74. The van der Waals surface area contributed by atoms with E-state index in [0.29, 0.717) is 17.0 Å². The first kappa shape index (κ1) is 23.1. The van der Waals surface area contributed by atoms with E-state index in [1.54, 1.807) is 24.3 Å². The van der Waals surface area contributed by atoms with Crippen LogP contribution in [0.5, 0.6) is 5.75 Å². The van der Waals surface area contributed by atoms with Crippen molar-refractivity contribution in [3.8, 4) is 5.75 Å². The van der Waals surface area contributed by atoms with Gasteiger partial charge in [-0.05, 0) is 66.9 Å². The molecule has 0 aromatic heterocycles. The minimum Gasteiger partial charge on any atom is -0.484 e. The van der Waals surface area contributed by atoms with E-state index in [4.69, 9.17) is 4.74 Å². The van der Waals surface area contributed by atoms with Crippen LogP contribution in [0.15, 0.2) is 71.8 Å². The van der Waals surface area contributed by atoms with Gasteiger partial charge in [0.1, 0.15) is 5.75 Å². The Morgan fingerprint density at radius 2 is 1.79 bits per heavy atom. The van der Waals surface area contributed by atoms with Gasteiger partial charge >= 0.3 is 0 Å². The number of non-ortho nitro benzene ring substituents is 1. The molecule has 2 N–H and O–H groups in total. The van der Waals surface area contributed by atoms with Crippen molar-refractivity contribution >= 4 is 29.4 Å². The Morgan fingerprint density at radius 1 is 1.03 bits per heavy atom. The second-order valence-electron chi connectivity index (χ2n) is 7.21. The first-order valence-corrected chi connectivity index (χ1v) is 9.99. The Hall–Kier alpha value is -4.53. The van der Waals surface area contributed by atoms with Crippen LogP contribution in [0.3, 0.4) is 0 Å². The highest BCUT2D eigenvalue weighted by Gasteiger charge is 2.09. The van der Waals surface area contributed by atoms with Gasteiger partial charge in [-0.2, -0.15) is 5.10 Å². The van der Waals surface area contributed by atoms with Crippen LogP contribution in [-0.2, 0) is 4.79 Å². The van der Waals surface area contributed by atoms with E-state index in [9.17, 15) is 19.7 Å². The van der Waals surface area contributed by atoms with Gasteiger partial charge in [0, 0.05) is 23.4 Å². The van der Waals surface area contributed by atoms with Gasteiger partial charge in [0.15, 0.2) is 6.61 Å². The van der Waals surface area contributed by atoms with Gasteiger partial charge in [-0.1, -0.05) is 18.2 Å². The summed E-state index contributed by atoms with van der Waals surface area (Å²) in [4.78, 5) is 34.4. The van der Waals surface area contributed by atoms with Crippen molar-refractivity contribution in [1.29, 1.82) is 0 Å². The Labute approximate surface area is 190 Å². The zero-order chi connectivity index (χ0) is 23.8. The van der Waals surface area contributed by atoms with Crippen LogP contribution >= 0.6 is 0 Å². The third-order valence-corrected chi connectivity index (χ3v) is 4.74. The number of benzene rings is 3. The molecule has 0 bridgehead atoms. The summed E-state index contributed by atoms with van der Waals surface area (Å²) in [6.45, 7) is 3.81. The molecule has 168 valence electrons. The number of nitro benzene ring substituents is 1. The number of ether oxygens (including phenoxy) is 1. The minimum atomic E-state index is -0.540. The van der Waals surface area contributed by atoms with Crippen LogP contribution in [0.1, 0.15) is 27.0 Å². The molecule has 3 rings (SSSR count). The van der Waals surface area contributed by atoms with E-state index in [0.717, 1.165) is 11.1 Å². The van der Waals surface area contributed by atoms with E-state index in [-0.39, 0.29) is 23.8 Å². The molecule has 9 heteroatoms. The maximum absolute atomic E-state index is 12.2. The smallest absolute Gasteiger partial charge is 0.271 e. The summed E-state index contributed by atoms with van der Waals surface area (Å²) in [5.41, 5.74) is 6.07. The summed E-state index contributed by atoms with van der Waals surface area (Å²) < 4.78 is 5.55. The lowest BCUT2D eigenvalue weighted by Crippen LogP contribution is -2.20. The van der Waals surface area contributed by atoms with Crippen molar-refractivity contribution in [2.75, 3.05) is 11.9 Å². The summed E-state index contributed by atoms with van der Waals surface area (Å²) in [6.07, 6.45) is 1.42. The predicted molar refractivity (Wildman–Crippen MR) is 125 cm³/mol. The molecule has 9 nitrogen and oxygen atoms in total. The van der Waals surface area contributed by atoms with E-state index < -0.39 is 10.8 Å². The van der Waals surface area contributed by atoms with Crippen LogP contribution in [0.2, 0.25) is 0 Å². The van der Waals surface area contributed by atoms with E-state index in [1.807, 2.05) is 32.0 Å². The third kappa shape index (κ3) is 6.73. The molecule has 0 atom stereocenters. The molecule has 3 aromatic carbocycles. The molecular weight excluding hydrogens is 424 g/mol. The number of carbonyl (C=O) groups excluding carboxylic acids is 2. The van der Waals surface area contributed by atoms with E-state index >= 15 is 0 Å². The molecule has 3 aromatic rings. The van der Waals surface area contributed by atoms with Crippen molar-refractivity contribution in [1.82, 2.24) is 5.43 Å². The van der Waals surface area contributed by atoms with Gasteiger partial charge in [-0.3, -0.25) is 19.7 Å². The SMILES string of the molecule is Cc1ccc(NC(=O)COc2cccc(/C=N/NC(=O)c3ccc([N+](=O)[O-])cc3)c2)cc1C. The number of hydrazone groups is 1. The Balaban J connectivity index is 1.51. The highest BCUT2D eigenvalue weighted by atomic mass is 16.6. The van der Waals surface area contributed by atoms with E-state index in [2.05, 4.69) is 15.8 Å². The summed E-state index contributed by atoms with van der Waals surface area (Å²) in [7, 11) is 0. The maximum Gasteiger partial charge on any atom is 0.271 e. The molecule has 0 fully saturated rings. The van der Waals surface area contributed by atoms with Gasteiger partial charge in [0.25, 0.3) is 17.5 Å². The van der Waals surface area contributed by atoms with Gasteiger partial charge in [-0.25, -0.2) is 5.43 Å². The molecular formula is C24H22N4O5. The normalized spacial score (nSPS) is 10.6. The number of amides is 2. The van der Waals surface area contributed by atoms with Crippen molar-refractivity contribution in [3.63, 3.8) is 0 Å². The highest BCUT2D eigenvalue weighted by molar-refractivity contribution is 5.95. The molecule has 0 saturated carbocycles. The Bertz CT molecular complexity index is 1210. The summed E-state index contributed by atoms with van der Waals surface area (Å²) in [5, 5.41) is 17.4.